The molecule has 0 bridgehead atoms. The molecule has 0 radical (unpaired) electrons. The van der Waals surface area contributed by atoms with Crippen molar-refractivity contribution in [3.05, 3.63) is 23.0 Å². The van der Waals surface area contributed by atoms with Gasteiger partial charge in [-0.2, -0.15) is 0 Å². The lowest BCUT2D eigenvalue weighted by Gasteiger charge is -2.34. The molecule has 2 N–H and O–H groups in total. The van der Waals surface area contributed by atoms with E-state index in [4.69, 9.17) is 22.0 Å². The molecule has 1 aromatic rings. The summed E-state index contributed by atoms with van der Waals surface area (Å²) < 4.78 is 19.8. The lowest BCUT2D eigenvalue weighted by molar-refractivity contribution is 0.0375. The molecule has 0 atom stereocenters. The Morgan fingerprint density at radius 1 is 1.33 bits per heavy atom. The Bertz CT molecular complexity index is 474. The molecule has 5 heteroatoms. The Labute approximate surface area is 113 Å². The zero-order valence-electron chi connectivity index (χ0n) is 11.2. The van der Waals surface area contributed by atoms with Crippen molar-refractivity contribution in [2.45, 2.75) is 39.6 Å². The van der Waals surface area contributed by atoms with Gasteiger partial charge in [-0.05, 0) is 37.1 Å². The topological polar surface area (TPSA) is 35.2 Å². The molecule has 0 amide bonds. The van der Waals surface area contributed by atoms with Crippen molar-refractivity contribution in [2.75, 3.05) is 5.73 Å². The number of hydrogen-bond donors (Lipinski definition) is 1. The van der Waals surface area contributed by atoms with Gasteiger partial charge >= 0.3 is 6.92 Å². The zero-order valence-corrected chi connectivity index (χ0v) is 11.9. The largest absolute Gasteiger partial charge is 0.425 e. The minimum Gasteiger partial charge on any atom is -0.425 e. The first-order chi connectivity index (χ1) is 8.16. The average molecular weight is 270 g/mol. The second-order valence-electron chi connectivity index (χ2n) is 6.08. The first kappa shape index (κ1) is 13.7. The van der Waals surface area contributed by atoms with Crippen LogP contribution < -0.4 is 11.2 Å². The summed E-state index contributed by atoms with van der Waals surface area (Å²) in [6, 6.07) is 3.29. The van der Waals surface area contributed by atoms with E-state index in [-0.39, 0.29) is 28.6 Å². The van der Waals surface area contributed by atoms with Crippen LogP contribution in [0.5, 0.6) is 0 Å². The van der Waals surface area contributed by atoms with E-state index in [2.05, 4.69) is 27.7 Å². The number of benzene rings is 1. The summed E-state index contributed by atoms with van der Waals surface area (Å²) in [5.41, 5.74) is 5.99. The van der Waals surface area contributed by atoms with Crippen LogP contribution in [-0.2, 0) is 4.65 Å². The summed E-state index contributed by atoms with van der Waals surface area (Å²) in [4.78, 5) is 0. The van der Waals surface area contributed by atoms with Crippen LogP contribution in [0.25, 0.3) is 0 Å². The molecule has 2 rings (SSSR count). The van der Waals surface area contributed by atoms with Crippen LogP contribution in [0, 0.1) is 11.2 Å². The molecule has 98 valence electrons. The highest BCUT2D eigenvalue weighted by Gasteiger charge is 2.50. The molecule has 0 aromatic heterocycles. The number of nitrogen functional groups attached to an aromatic ring is 1. The van der Waals surface area contributed by atoms with Gasteiger partial charge in [-0.3, -0.25) is 0 Å². The van der Waals surface area contributed by atoms with Gasteiger partial charge in [-0.25, -0.2) is 4.39 Å². The summed E-state index contributed by atoms with van der Waals surface area (Å²) in [5.74, 6) is -0.555. The third-order valence-corrected chi connectivity index (χ3v) is 4.64. The van der Waals surface area contributed by atoms with E-state index in [9.17, 15) is 4.39 Å². The zero-order chi connectivity index (χ0) is 13.7. The summed E-state index contributed by atoms with van der Waals surface area (Å²) in [6.07, 6.45) is 0.809. The van der Waals surface area contributed by atoms with Crippen LogP contribution in [0.3, 0.4) is 0 Å². The van der Waals surface area contributed by atoms with Crippen molar-refractivity contribution in [3.8, 4) is 0 Å². The van der Waals surface area contributed by atoms with Gasteiger partial charge in [0, 0.05) is 0 Å². The van der Waals surface area contributed by atoms with Crippen LogP contribution in [0.2, 0.25) is 11.3 Å². The molecule has 2 nitrogen and oxygen atoms in total. The van der Waals surface area contributed by atoms with E-state index >= 15 is 0 Å². The van der Waals surface area contributed by atoms with Gasteiger partial charge in [-0.15, -0.1) is 0 Å². The third-order valence-electron chi connectivity index (χ3n) is 4.25. The normalized spacial score (nSPS) is 21.3. The van der Waals surface area contributed by atoms with E-state index in [0.717, 1.165) is 6.32 Å². The van der Waals surface area contributed by atoms with Crippen LogP contribution in [-0.4, -0.2) is 12.5 Å². The molecule has 0 saturated carbocycles. The molecular formula is C13H18BClFNO. The minimum atomic E-state index is -0.555. The predicted molar refractivity (Wildman–Crippen MR) is 75.0 cm³/mol. The Morgan fingerprint density at radius 2 is 1.94 bits per heavy atom. The lowest BCUT2D eigenvalue weighted by atomic mass is 9.54. The Hall–Kier alpha value is -0.735. The molecule has 1 aromatic carbocycles. The molecule has 1 heterocycles. The number of nitrogens with two attached hydrogens (primary N) is 1. The highest BCUT2D eigenvalue weighted by molar-refractivity contribution is 6.71. The number of anilines is 1. The van der Waals surface area contributed by atoms with Crippen molar-refractivity contribution in [3.63, 3.8) is 0 Å². The quantitative estimate of drug-likeness (QED) is 0.628. The average Bonchev–Trinajstić information content (AvgIpc) is 2.45. The summed E-state index contributed by atoms with van der Waals surface area (Å²) in [7, 11) is 0. The maximum absolute atomic E-state index is 13.7. The molecule has 1 saturated heterocycles. The van der Waals surface area contributed by atoms with Gasteiger partial charge in [0.15, 0.2) is 5.82 Å². The molecule has 1 aliphatic rings. The SMILES string of the molecule is CC1(C)CB(c2ccc(N)c(F)c2Cl)OC1(C)C. The summed E-state index contributed by atoms with van der Waals surface area (Å²) in [6.45, 7) is 8.21. The summed E-state index contributed by atoms with van der Waals surface area (Å²) in [5, 5.41) is 0.0773. The molecular weight excluding hydrogens is 251 g/mol. The Morgan fingerprint density at radius 3 is 2.44 bits per heavy atom. The van der Waals surface area contributed by atoms with Crippen LogP contribution in [0.15, 0.2) is 12.1 Å². The molecule has 0 aliphatic carbocycles. The van der Waals surface area contributed by atoms with E-state index < -0.39 is 5.82 Å². The standard InChI is InChI=1S/C13H18BClFNO/c1-12(2)7-14(18-13(12,3)4)8-5-6-9(17)11(16)10(8)15/h5-6H,7,17H2,1-4H3. The van der Waals surface area contributed by atoms with Crippen molar-refractivity contribution in [2.24, 2.45) is 5.41 Å². The first-order valence-corrected chi connectivity index (χ1v) is 6.45. The minimum absolute atomic E-state index is 0.0128. The third kappa shape index (κ3) is 2.01. The molecule has 1 aliphatic heterocycles. The maximum atomic E-state index is 13.7. The smallest absolute Gasteiger partial charge is 0.329 e. The van der Waals surface area contributed by atoms with Gasteiger partial charge in [0.05, 0.1) is 16.3 Å². The number of halogens is 2. The predicted octanol–water partition coefficient (Wildman–Crippen LogP) is 3.09. The van der Waals surface area contributed by atoms with Gasteiger partial charge in [0.1, 0.15) is 0 Å². The molecule has 0 unspecified atom stereocenters. The van der Waals surface area contributed by atoms with Crippen LogP contribution in [0.1, 0.15) is 27.7 Å². The van der Waals surface area contributed by atoms with E-state index in [1.54, 1.807) is 6.07 Å². The fourth-order valence-corrected chi connectivity index (χ4v) is 2.56. The maximum Gasteiger partial charge on any atom is 0.329 e. The fraction of sp³-hybridized carbons (Fsp3) is 0.538. The van der Waals surface area contributed by atoms with Crippen LogP contribution >= 0.6 is 11.6 Å². The van der Waals surface area contributed by atoms with E-state index in [1.807, 2.05) is 0 Å². The Balaban J connectivity index is 2.39. The van der Waals surface area contributed by atoms with Gasteiger partial charge in [0.2, 0.25) is 0 Å². The monoisotopic (exact) mass is 269 g/mol. The highest BCUT2D eigenvalue weighted by Crippen LogP contribution is 2.45. The summed E-state index contributed by atoms with van der Waals surface area (Å²) >= 11 is 6.03. The van der Waals surface area contributed by atoms with E-state index in [1.165, 1.54) is 6.07 Å². The second kappa shape index (κ2) is 4.14. The van der Waals surface area contributed by atoms with Gasteiger partial charge < -0.3 is 10.4 Å². The van der Waals surface area contributed by atoms with E-state index in [0.29, 0.717) is 5.46 Å². The van der Waals surface area contributed by atoms with Crippen molar-refractivity contribution < 1.29 is 9.04 Å². The van der Waals surface area contributed by atoms with Crippen molar-refractivity contribution in [1.29, 1.82) is 0 Å². The second-order valence-corrected chi connectivity index (χ2v) is 6.45. The fourth-order valence-electron chi connectivity index (χ4n) is 2.27. The van der Waals surface area contributed by atoms with Crippen molar-refractivity contribution >= 4 is 29.7 Å². The Kier molecular flexibility index (Phi) is 3.15. The van der Waals surface area contributed by atoms with Crippen LogP contribution in [0.4, 0.5) is 10.1 Å². The molecule has 18 heavy (non-hydrogen) atoms. The molecule has 1 fully saturated rings. The first-order valence-electron chi connectivity index (χ1n) is 6.07. The van der Waals surface area contributed by atoms with Gasteiger partial charge in [-0.1, -0.05) is 31.5 Å². The molecule has 0 spiro atoms. The number of rotatable bonds is 1. The lowest BCUT2D eigenvalue weighted by Crippen LogP contribution is -2.36. The number of hydrogen-bond acceptors (Lipinski definition) is 2. The highest BCUT2D eigenvalue weighted by atomic mass is 35.5. The van der Waals surface area contributed by atoms with Crippen molar-refractivity contribution in [1.82, 2.24) is 0 Å². The van der Waals surface area contributed by atoms with Gasteiger partial charge in [0.25, 0.3) is 0 Å².